The first kappa shape index (κ1) is 9.93. The fraction of sp³-hybridized carbons (Fsp3) is 0.778. The highest BCUT2D eigenvalue weighted by atomic mass is 35.5. The Morgan fingerprint density at radius 3 is 3.07 bits per heavy atom. The lowest BCUT2D eigenvalue weighted by molar-refractivity contribution is -0.0123. The van der Waals surface area contributed by atoms with Crippen LogP contribution in [0.2, 0.25) is 5.28 Å². The van der Waals surface area contributed by atoms with Crippen molar-refractivity contribution in [2.24, 2.45) is 0 Å². The Morgan fingerprint density at radius 2 is 2.50 bits per heavy atom. The predicted octanol–water partition coefficient (Wildman–Crippen LogP) is 2.06. The van der Waals surface area contributed by atoms with Gasteiger partial charge in [0, 0.05) is 6.61 Å². The van der Waals surface area contributed by atoms with E-state index in [0.717, 1.165) is 13.0 Å². The van der Waals surface area contributed by atoms with Crippen molar-refractivity contribution in [1.82, 2.24) is 14.8 Å². The molecule has 2 heterocycles. The molecule has 2 rings (SSSR count). The molecule has 4 nitrogen and oxygen atoms in total. The lowest BCUT2D eigenvalue weighted by Gasteiger charge is -2.28. The van der Waals surface area contributed by atoms with Crippen LogP contribution in [0.25, 0.3) is 0 Å². The summed E-state index contributed by atoms with van der Waals surface area (Å²) in [4.78, 5) is 0. The van der Waals surface area contributed by atoms with E-state index in [-0.39, 0.29) is 12.1 Å². The van der Waals surface area contributed by atoms with Gasteiger partial charge in [-0.05, 0) is 37.8 Å². The molecule has 0 radical (unpaired) electrons. The van der Waals surface area contributed by atoms with Crippen molar-refractivity contribution in [3.05, 3.63) is 11.6 Å². The molecule has 0 saturated carbocycles. The molecule has 2 unspecified atom stereocenters. The van der Waals surface area contributed by atoms with Gasteiger partial charge < -0.3 is 4.74 Å². The van der Waals surface area contributed by atoms with Crippen molar-refractivity contribution in [3.8, 4) is 0 Å². The van der Waals surface area contributed by atoms with E-state index >= 15 is 0 Å². The molecule has 5 heteroatoms. The summed E-state index contributed by atoms with van der Waals surface area (Å²) in [5.74, 6) is 0. The second-order valence-electron chi connectivity index (χ2n) is 3.65. The van der Waals surface area contributed by atoms with Gasteiger partial charge in [0.05, 0.1) is 12.1 Å². The maximum absolute atomic E-state index is 5.89. The molecular formula is C9H14ClN3O. The molecule has 14 heavy (non-hydrogen) atoms. The van der Waals surface area contributed by atoms with Crippen molar-refractivity contribution in [1.29, 1.82) is 0 Å². The summed E-state index contributed by atoms with van der Waals surface area (Å²) < 4.78 is 7.54. The Hall–Kier alpha value is -0.610. The highest BCUT2D eigenvalue weighted by Crippen LogP contribution is 2.25. The van der Waals surface area contributed by atoms with Crippen LogP contribution in [0.3, 0.4) is 0 Å². The van der Waals surface area contributed by atoms with E-state index in [0.29, 0.717) is 5.28 Å². The second-order valence-corrected chi connectivity index (χ2v) is 3.99. The first-order valence-electron chi connectivity index (χ1n) is 4.95. The number of hydrogen-bond donors (Lipinski definition) is 0. The van der Waals surface area contributed by atoms with Gasteiger partial charge in [0.1, 0.15) is 6.33 Å². The van der Waals surface area contributed by atoms with Crippen molar-refractivity contribution in [2.45, 2.75) is 38.3 Å². The molecule has 0 N–H and O–H groups in total. The summed E-state index contributed by atoms with van der Waals surface area (Å²) in [6.07, 6.45) is 5.39. The van der Waals surface area contributed by atoms with Crippen LogP contribution in [0, 0.1) is 0 Å². The minimum Gasteiger partial charge on any atom is -0.376 e. The largest absolute Gasteiger partial charge is 0.376 e. The average Bonchev–Trinajstić information content (AvgIpc) is 2.65. The molecule has 0 amide bonds. The summed E-state index contributed by atoms with van der Waals surface area (Å²) in [6.45, 7) is 2.94. The van der Waals surface area contributed by atoms with Gasteiger partial charge in [-0.3, -0.25) is 4.57 Å². The van der Waals surface area contributed by atoms with E-state index < -0.39 is 0 Å². The third kappa shape index (κ3) is 1.91. The van der Waals surface area contributed by atoms with Gasteiger partial charge in [0.15, 0.2) is 0 Å². The Labute approximate surface area is 88.2 Å². The summed E-state index contributed by atoms with van der Waals surface area (Å²) in [5.41, 5.74) is 0. The Bertz CT molecular complexity index is 296. The van der Waals surface area contributed by atoms with Gasteiger partial charge in [-0.25, -0.2) is 0 Å². The molecule has 2 atom stereocenters. The number of nitrogens with zero attached hydrogens (tertiary/aromatic N) is 3. The maximum atomic E-state index is 5.89. The lowest BCUT2D eigenvalue weighted by Crippen LogP contribution is -2.28. The van der Waals surface area contributed by atoms with E-state index in [1.165, 1.54) is 12.8 Å². The molecule has 0 aromatic carbocycles. The fourth-order valence-electron chi connectivity index (χ4n) is 1.83. The maximum Gasteiger partial charge on any atom is 0.225 e. The second kappa shape index (κ2) is 4.28. The molecule has 78 valence electrons. The molecule has 1 aromatic rings. The number of halogens is 1. The van der Waals surface area contributed by atoms with Gasteiger partial charge >= 0.3 is 0 Å². The molecule has 0 spiro atoms. The van der Waals surface area contributed by atoms with E-state index in [1.807, 2.05) is 4.57 Å². The van der Waals surface area contributed by atoms with Gasteiger partial charge in [0.25, 0.3) is 0 Å². The van der Waals surface area contributed by atoms with Crippen LogP contribution in [-0.2, 0) is 4.74 Å². The van der Waals surface area contributed by atoms with Gasteiger partial charge in [-0.2, -0.15) is 0 Å². The minimum absolute atomic E-state index is 0.220. The normalized spacial score (nSPS) is 24.9. The monoisotopic (exact) mass is 215 g/mol. The van der Waals surface area contributed by atoms with E-state index in [2.05, 4.69) is 17.1 Å². The molecule has 1 saturated heterocycles. The molecular weight excluding hydrogens is 202 g/mol. The number of rotatable bonds is 2. The third-order valence-electron chi connectivity index (χ3n) is 2.72. The van der Waals surface area contributed by atoms with Crippen LogP contribution >= 0.6 is 11.6 Å². The van der Waals surface area contributed by atoms with Gasteiger partial charge in [-0.1, -0.05) is 0 Å². The summed E-state index contributed by atoms with van der Waals surface area (Å²) in [6, 6.07) is 0.220. The van der Waals surface area contributed by atoms with E-state index in [4.69, 9.17) is 16.3 Å². The van der Waals surface area contributed by atoms with Gasteiger partial charge in [0.2, 0.25) is 5.28 Å². The number of aromatic nitrogens is 3. The van der Waals surface area contributed by atoms with Crippen LogP contribution in [0.5, 0.6) is 0 Å². The van der Waals surface area contributed by atoms with Crippen molar-refractivity contribution >= 4 is 11.6 Å². The molecule has 1 aliphatic heterocycles. The fourth-order valence-corrected chi connectivity index (χ4v) is 2.07. The van der Waals surface area contributed by atoms with Crippen LogP contribution in [0.1, 0.15) is 32.2 Å². The molecule has 0 aliphatic carbocycles. The van der Waals surface area contributed by atoms with Crippen molar-refractivity contribution < 1.29 is 4.74 Å². The van der Waals surface area contributed by atoms with E-state index in [1.54, 1.807) is 6.33 Å². The summed E-state index contributed by atoms with van der Waals surface area (Å²) in [7, 11) is 0. The average molecular weight is 216 g/mol. The van der Waals surface area contributed by atoms with E-state index in [9.17, 15) is 0 Å². The summed E-state index contributed by atoms with van der Waals surface area (Å²) >= 11 is 5.89. The van der Waals surface area contributed by atoms with Crippen LogP contribution in [-0.4, -0.2) is 27.5 Å². The zero-order chi connectivity index (χ0) is 9.97. The number of ether oxygens (including phenoxy) is 1. The molecule has 1 aromatic heterocycles. The van der Waals surface area contributed by atoms with Crippen LogP contribution in [0.4, 0.5) is 0 Å². The Kier molecular flexibility index (Phi) is 3.03. The SMILES string of the molecule is CC(C1CCCCO1)n1cnnc1Cl. The summed E-state index contributed by atoms with van der Waals surface area (Å²) in [5, 5.41) is 7.96. The highest BCUT2D eigenvalue weighted by Gasteiger charge is 2.23. The first-order valence-corrected chi connectivity index (χ1v) is 5.33. The number of hydrogen-bond acceptors (Lipinski definition) is 3. The zero-order valence-electron chi connectivity index (χ0n) is 8.19. The smallest absolute Gasteiger partial charge is 0.225 e. The van der Waals surface area contributed by atoms with Crippen molar-refractivity contribution in [2.75, 3.05) is 6.61 Å². The van der Waals surface area contributed by atoms with Gasteiger partial charge in [-0.15, -0.1) is 10.2 Å². The predicted molar refractivity (Wildman–Crippen MR) is 53.3 cm³/mol. The quantitative estimate of drug-likeness (QED) is 0.758. The minimum atomic E-state index is 0.220. The topological polar surface area (TPSA) is 39.9 Å². The molecule has 0 bridgehead atoms. The zero-order valence-corrected chi connectivity index (χ0v) is 8.94. The van der Waals surface area contributed by atoms with Crippen LogP contribution in [0.15, 0.2) is 6.33 Å². The Balaban J connectivity index is 2.07. The molecule has 1 aliphatic rings. The standard InChI is InChI=1S/C9H14ClN3O/c1-7(8-4-2-3-5-14-8)13-6-11-12-9(13)10/h6-8H,2-5H2,1H3. The lowest BCUT2D eigenvalue weighted by atomic mass is 10.0. The Morgan fingerprint density at radius 1 is 1.64 bits per heavy atom. The van der Waals surface area contributed by atoms with Crippen molar-refractivity contribution in [3.63, 3.8) is 0 Å². The third-order valence-corrected chi connectivity index (χ3v) is 2.99. The first-order chi connectivity index (χ1) is 6.79. The van der Waals surface area contributed by atoms with Crippen LogP contribution < -0.4 is 0 Å². The molecule has 1 fully saturated rings. The highest BCUT2D eigenvalue weighted by molar-refractivity contribution is 6.28.